The summed E-state index contributed by atoms with van der Waals surface area (Å²) in [5.41, 5.74) is 0.306. The molecule has 3 heterocycles. The number of carbonyl (C=O) groups is 3. The van der Waals surface area contributed by atoms with Crippen LogP contribution in [0.2, 0.25) is 0 Å². The Balaban J connectivity index is 1.63. The first kappa shape index (κ1) is 35.4. The van der Waals surface area contributed by atoms with E-state index in [4.69, 9.17) is 4.74 Å². The minimum Gasteiger partial charge on any atom is -0.394 e. The molecule has 0 saturated carbocycles. The number of hydrogen-bond donors (Lipinski definition) is 1. The molecule has 258 valence electrons. The van der Waals surface area contributed by atoms with Gasteiger partial charge in [0.05, 0.1) is 30.1 Å². The number of rotatable bonds is 15. The van der Waals surface area contributed by atoms with Crippen molar-refractivity contribution >= 4 is 34.8 Å². The highest BCUT2D eigenvalue weighted by atomic mass is 16.5. The average Bonchev–Trinajstić information content (AvgIpc) is 3.71. The molecule has 2 bridgehead atoms. The molecule has 5 rings (SSSR count). The fourth-order valence-electron chi connectivity index (χ4n) is 8.55. The summed E-state index contributed by atoms with van der Waals surface area (Å²) in [4.78, 5) is 52.0. The highest BCUT2D eigenvalue weighted by Gasteiger charge is 2.79. The Labute approximate surface area is 285 Å². The number of likely N-dealkylation sites (tertiary alicyclic amines) is 1. The van der Waals surface area contributed by atoms with Gasteiger partial charge < -0.3 is 29.4 Å². The van der Waals surface area contributed by atoms with Gasteiger partial charge in [-0.1, -0.05) is 51.1 Å². The van der Waals surface area contributed by atoms with Crippen molar-refractivity contribution in [2.75, 3.05) is 47.5 Å². The van der Waals surface area contributed by atoms with Gasteiger partial charge in [-0.15, -0.1) is 13.2 Å². The molecule has 6 atom stereocenters. The number of hydrogen-bond acceptors (Lipinski definition) is 6. The van der Waals surface area contributed by atoms with Gasteiger partial charge in [-0.05, 0) is 75.4 Å². The summed E-state index contributed by atoms with van der Waals surface area (Å²) in [6.07, 6.45) is 4.88. The fraction of sp³-hybridized carbons (Fsp3) is 0.513. The van der Waals surface area contributed by atoms with Crippen molar-refractivity contribution in [1.29, 1.82) is 0 Å². The minimum atomic E-state index is -1.23. The Morgan fingerprint density at radius 3 is 2.00 bits per heavy atom. The highest BCUT2D eigenvalue weighted by molar-refractivity contribution is 6.07. The molecule has 2 unspecified atom stereocenters. The second-order valence-corrected chi connectivity index (χ2v) is 13.6. The molecule has 0 radical (unpaired) electrons. The van der Waals surface area contributed by atoms with Crippen molar-refractivity contribution in [3.05, 3.63) is 79.9 Å². The zero-order valence-corrected chi connectivity index (χ0v) is 29.2. The number of para-hydroxylation sites is 1. The van der Waals surface area contributed by atoms with Crippen molar-refractivity contribution < 1.29 is 24.2 Å². The van der Waals surface area contributed by atoms with Crippen molar-refractivity contribution in [2.45, 2.75) is 77.2 Å². The summed E-state index contributed by atoms with van der Waals surface area (Å²) in [5, 5.41) is 10.7. The number of aliphatic hydroxyl groups is 1. The molecular weight excluding hydrogens is 604 g/mol. The first-order valence-electron chi connectivity index (χ1n) is 17.5. The second-order valence-electron chi connectivity index (χ2n) is 13.6. The molecule has 0 aliphatic carbocycles. The maximum absolute atomic E-state index is 15.1. The van der Waals surface area contributed by atoms with Crippen LogP contribution in [0.4, 0.5) is 17.1 Å². The molecule has 48 heavy (non-hydrogen) atoms. The van der Waals surface area contributed by atoms with Crippen molar-refractivity contribution in [1.82, 2.24) is 4.90 Å². The maximum Gasteiger partial charge on any atom is 0.253 e. The lowest BCUT2D eigenvalue weighted by Crippen LogP contribution is -2.60. The number of anilines is 3. The van der Waals surface area contributed by atoms with Gasteiger partial charge in [0.25, 0.3) is 5.91 Å². The summed E-state index contributed by atoms with van der Waals surface area (Å²) in [5.74, 6) is -2.67. The first-order chi connectivity index (χ1) is 23.1. The number of benzene rings is 2. The summed E-state index contributed by atoms with van der Waals surface area (Å²) in [7, 11) is 0. The van der Waals surface area contributed by atoms with Crippen molar-refractivity contribution in [2.24, 2.45) is 17.8 Å². The Morgan fingerprint density at radius 2 is 1.48 bits per heavy atom. The quantitative estimate of drug-likeness (QED) is 0.257. The molecule has 1 spiro atoms. The number of fused-ring (bicyclic) bond motifs is 1. The number of carbonyl (C=O) groups excluding carboxylic acids is 3. The van der Waals surface area contributed by atoms with Gasteiger partial charge in [-0.2, -0.15) is 0 Å². The highest BCUT2D eigenvalue weighted by Crippen LogP contribution is 2.65. The number of aliphatic hydroxyl groups excluding tert-OH is 1. The summed E-state index contributed by atoms with van der Waals surface area (Å²) < 4.78 is 7.07. The van der Waals surface area contributed by atoms with Gasteiger partial charge in [-0.3, -0.25) is 14.4 Å². The summed E-state index contributed by atoms with van der Waals surface area (Å²) in [6.45, 7) is 19.8. The Kier molecular flexibility index (Phi) is 10.5. The third kappa shape index (κ3) is 5.64. The van der Waals surface area contributed by atoms with Crippen LogP contribution in [-0.2, 0) is 19.1 Å². The standard InChI is InChI=1S/C39H52N4O5/c1-8-24-41(29-16-14-13-15-17-29)35(45)32-33-36(46)43(31(26-44)27(6)7)34(39(33)23-22-38(32,10-3)48-39)37(47)42(25-9-2)30-20-18-28(19-21-30)40(11-4)12-5/h8-9,13-21,27,31-34,44H,1-2,10-12,22-26H2,3-7H3/t31-,32-,33-,34?,38+,39?/m0/s1. The number of ether oxygens (including phenoxy) is 1. The Hall–Kier alpha value is -3.95. The molecule has 3 aliphatic rings. The molecule has 2 aromatic rings. The molecule has 1 N–H and O–H groups in total. The van der Waals surface area contributed by atoms with E-state index >= 15 is 4.79 Å². The van der Waals surface area contributed by atoms with Crippen LogP contribution in [0.25, 0.3) is 0 Å². The van der Waals surface area contributed by atoms with Crippen LogP contribution >= 0.6 is 0 Å². The molecule has 9 nitrogen and oxygen atoms in total. The molecular formula is C39H52N4O5. The van der Waals surface area contributed by atoms with Crippen LogP contribution in [0.5, 0.6) is 0 Å². The van der Waals surface area contributed by atoms with Crippen molar-refractivity contribution in [3.63, 3.8) is 0 Å². The Morgan fingerprint density at radius 1 is 0.917 bits per heavy atom. The van der Waals surface area contributed by atoms with E-state index in [1.54, 1.807) is 26.9 Å². The van der Waals surface area contributed by atoms with Gasteiger partial charge in [0.15, 0.2) is 0 Å². The average molecular weight is 657 g/mol. The van der Waals surface area contributed by atoms with E-state index < -0.39 is 35.1 Å². The van der Waals surface area contributed by atoms with E-state index in [0.29, 0.717) is 30.6 Å². The SMILES string of the molecule is C=CCN(C(=O)C1N([C@@H](CO)C(C)C)C(=O)[C@@H]2[C@@H](C(=O)N(CC=C)c3ccccc3)[C@@]3(CC)CCC12O3)c1ccc(N(CC)CC)cc1. The van der Waals surface area contributed by atoms with E-state index in [1.807, 2.05) is 75.4 Å². The predicted octanol–water partition coefficient (Wildman–Crippen LogP) is 5.44. The van der Waals surface area contributed by atoms with Crippen LogP contribution < -0.4 is 14.7 Å². The lowest BCUT2D eigenvalue weighted by Gasteiger charge is -2.40. The zero-order chi connectivity index (χ0) is 34.8. The van der Waals surface area contributed by atoms with Crippen molar-refractivity contribution in [3.8, 4) is 0 Å². The van der Waals surface area contributed by atoms with Gasteiger partial charge in [0, 0.05) is 43.2 Å². The minimum absolute atomic E-state index is 0.154. The molecule has 3 aliphatic heterocycles. The van der Waals surface area contributed by atoms with Crippen LogP contribution in [0.1, 0.15) is 53.9 Å². The summed E-state index contributed by atoms with van der Waals surface area (Å²) >= 11 is 0. The monoisotopic (exact) mass is 656 g/mol. The predicted molar refractivity (Wildman–Crippen MR) is 191 cm³/mol. The molecule has 0 aromatic heterocycles. The third-order valence-electron chi connectivity index (χ3n) is 10.9. The third-order valence-corrected chi connectivity index (χ3v) is 10.9. The number of nitrogens with zero attached hydrogens (tertiary/aromatic N) is 4. The van der Waals surface area contributed by atoms with E-state index in [9.17, 15) is 14.7 Å². The molecule has 3 saturated heterocycles. The smallest absolute Gasteiger partial charge is 0.253 e. The normalized spacial score (nSPS) is 26.4. The first-order valence-corrected chi connectivity index (χ1v) is 17.5. The van der Waals surface area contributed by atoms with Gasteiger partial charge in [-0.25, -0.2) is 0 Å². The van der Waals surface area contributed by atoms with Crippen LogP contribution in [0.15, 0.2) is 79.9 Å². The van der Waals surface area contributed by atoms with Crippen LogP contribution in [-0.4, -0.2) is 83.8 Å². The summed E-state index contributed by atoms with van der Waals surface area (Å²) in [6, 6.07) is 15.6. The fourth-order valence-corrected chi connectivity index (χ4v) is 8.55. The largest absolute Gasteiger partial charge is 0.394 e. The van der Waals surface area contributed by atoms with E-state index in [0.717, 1.165) is 18.8 Å². The van der Waals surface area contributed by atoms with Gasteiger partial charge in [0.1, 0.15) is 11.6 Å². The molecule has 2 aromatic carbocycles. The molecule has 3 amide bonds. The topological polar surface area (TPSA) is 93.6 Å². The second kappa shape index (κ2) is 14.3. The molecule has 9 heteroatoms. The zero-order valence-electron chi connectivity index (χ0n) is 29.2. The lowest BCUT2D eigenvalue weighted by molar-refractivity contribution is -0.150. The van der Waals surface area contributed by atoms with Gasteiger partial charge in [0.2, 0.25) is 11.8 Å². The lowest BCUT2D eigenvalue weighted by atomic mass is 9.64. The molecule has 3 fully saturated rings. The van der Waals surface area contributed by atoms with E-state index in [-0.39, 0.29) is 43.3 Å². The number of amides is 3. The van der Waals surface area contributed by atoms with Crippen LogP contribution in [0, 0.1) is 17.8 Å². The van der Waals surface area contributed by atoms with Gasteiger partial charge >= 0.3 is 0 Å². The van der Waals surface area contributed by atoms with E-state index in [2.05, 4.69) is 31.9 Å². The Bertz CT molecular complexity index is 1490. The van der Waals surface area contributed by atoms with E-state index in [1.165, 1.54) is 0 Å². The maximum atomic E-state index is 15.1. The van der Waals surface area contributed by atoms with Crippen LogP contribution in [0.3, 0.4) is 0 Å².